The second-order valence-electron chi connectivity index (χ2n) is 4.57. The zero-order chi connectivity index (χ0) is 11.9. The number of ether oxygens (including phenoxy) is 1. The highest BCUT2D eigenvalue weighted by Crippen LogP contribution is 2.40. The van der Waals surface area contributed by atoms with E-state index in [1.54, 1.807) is 6.20 Å². The Kier molecular flexibility index (Phi) is 3.11. The van der Waals surface area contributed by atoms with Crippen LogP contribution in [-0.4, -0.2) is 27.6 Å². The molecule has 1 aliphatic heterocycles. The lowest BCUT2D eigenvalue weighted by atomic mass is 9.92. The fourth-order valence-electron chi connectivity index (χ4n) is 2.18. The molecule has 0 amide bonds. The van der Waals surface area contributed by atoms with Gasteiger partial charge in [-0.1, -0.05) is 0 Å². The van der Waals surface area contributed by atoms with Crippen LogP contribution >= 0.6 is 15.9 Å². The van der Waals surface area contributed by atoms with Crippen molar-refractivity contribution in [1.82, 2.24) is 9.78 Å². The minimum atomic E-state index is -0.931. The van der Waals surface area contributed by atoms with Gasteiger partial charge in [0.05, 0.1) is 29.1 Å². The topological polar surface area (TPSA) is 47.3 Å². The molecule has 0 saturated carbocycles. The molecule has 1 N–H and O–H groups in total. The van der Waals surface area contributed by atoms with Gasteiger partial charge < -0.3 is 9.84 Å². The van der Waals surface area contributed by atoms with Gasteiger partial charge in [0.1, 0.15) is 5.60 Å². The van der Waals surface area contributed by atoms with Crippen LogP contribution in [0.15, 0.2) is 10.7 Å². The van der Waals surface area contributed by atoms with Crippen molar-refractivity contribution < 1.29 is 9.84 Å². The van der Waals surface area contributed by atoms with Crippen LogP contribution in [0, 0.1) is 0 Å². The summed E-state index contributed by atoms with van der Waals surface area (Å²) in [4.78, 5) is 0. The smallest absolute Gasteiger partial charge is 0.135 e. The molecule has 1 aromatic heterocycles. The first-order valence-corrected chi connectivity index (χ1v) is 6.33. The third-order valence-electron chi connectivity index (χ3n) is 3.17. The van der Waals surface area contributed by atoms with Gasteiger partial charge in [-0.05, 0) is 36.7 Å². The monoisotopic (exact) mass is 288 g/mol. The number of halogens is 1. The third-order valence-corrected chi connectivity index (χ3v) is 3.75. The van der Waals surface area contributed by atoms with Gasteiger partial charge in [-0.15, -0.1) is 0 Å². The van der Waals surface area contributed by atoms with Crippen molar-refractivity contribution in [1.29, 1.82) is 0 Å². The van der Waals surface area contributed by atoms with Crippen LogP contribution in [0.1, 0.15) is 38.9 Å². The lowest BCUT2D eigenvalue weighted by Crippen LogP contribution is -2.36. The number of hydrogen-bond donors (Lipinski definition) is 1. The zero-order valence-corrected chi connectivity index (χ0v) is 11.4. The summed E-state index contributed by atoms with van der Waals surface area (Å²) in [7, 11) is 0. The van der Waals surface area contributed by atoms with Gasteiger partial charge in [-0.3, -0.25) is 4.68 Å². The van der Waals surface area contributed by atoms with Crippen LogP contribution in [-0.2, 0) is 10.3 Å². The molecular formula is C11H17BrN2O2. The Morgan fingerprint density at radius 1 is 1.69 bits per heavy atom. The van der Waals surface area contributed by atoms with Crippen molar-refractivity contribution >= 4 is 15.9 Å². The molecule has 1 fully saturated rings. The van der Waals surface area contributed by atoms with E-state index in [0.717, 1.165) is 10.2 Å². The van der Waals surface area contributed by atoms with E-state index in [-0.39, 0.29) is 12.1 Å². The second-order valence-corrected chi connectivity index (χ2v) is 5.42. The van der Waals surface area contributed by atoms with Crippen molar-refractivity contribution in [3.8, 4) is 0 Å². The van der Waals surface area contributed by atoms with Gasteiger partial charge in [-0.25, -0.2) is 0 Å². The van der Waals surface area contributed by atoms with Gasteiger partial charge in [0.25, 0.3) is 0 Å². The van der Waals surface area contributed by atoms with Crippen molar-refractivity contribution in [2.45, 2.75) is 44.9 Å². The standard InChI is InChI=1S/C11H17BrN2O2/c1-7(2)14-10(9(12)6-13-14)11(15)4-5-16-8(11)3/h6-8,15H,4-5H2,1-3H3. The normalized spacial score (nSPS) is 30.2. The number of aromatic nitrogens is 2. The molecule has 1 aliphatic rings. The minimum absolute atomic E-state index is 0.196. The van der Waals surface area contributed by atoms with Gasteiger partial charge in [0.2, 0.25) is 0 Å². The molecule has 0 spiro atoms. The first-order valence-electron chi connectivity index (χ1n) is 5.54. The van der Waals surface area contributed by atoms with Gasteiger partial charge in [-0.2, -0.15) is 5.10 Å². The Bertz CT molecular complexity index is 391. The summed E-state index contributed by atoms with van der Waals surface area (Å²) in [6.45, 7) is 6.59. The summed E-state index contributed by atoms with van der Waals surface area (Å²) in [5.74, 6) is 0. The molecule has 0 aromatic carbocycles. The number of aliphatic hydroxyl groups is 1. The molecule has 1 aromatic rings. The van der Waals surface area contributed by atoms with Crippen LogP contribution in [0.2, 0.25) is 0 Å². The molecule has 2 rings (SSSR count). The van der Waals surface area contributed by atoms with E-state index in [0.29, 0.717) is 13.0 Å². The van der Waals surface area contributed by atoms with Crippen LogP contribution in [0.3, 0.4) is 0 Å². The predicted molar refractivity (Wildman–Crippen MR) is 64.2 cm³/mol. The number of hydrogen-bond acceptors (Lipinski definition) is 3. The third kappa shape index (κ3) is 1.71. The van der Waals surface area contributed by atoms with Crippen molar-refractivity contribution in [3.63, 3.8) is 0 Å². The molecule has 1 saturated heterocycles. The number of nitrogens with zero attached hydrogens (tertiary/aromatic N) is 2. The van der Waals surface area contributed by atoms with Gasteiger partial charge in [0, 0.05) is 12.5 Å². The van der Waals surface area contributed by atoms with Crippen molar-refractivity contribution in [2.75, 3.05) is 6.61 Å². The minimum Gasteiger partial charge on any atom is -0.381 e. The maximum absolute atomic E-state index is 10.7. The van der Waals surface area contributed by atoms with Crippen LogP contribution < -0.4 is 0 Å². The fourth-order valence-corrected chi connectivity index (χ4v) is 2.80. The highest BCUT2D eigenvalue weighted by Gasteiger charge is 2.45. The highest BCUT2D eigenvalue weighted by atomic mass is 79.9. The zero-order valence-electron chi connectivity index (χ0n) is 9.77. The second kappa shape index (κ2) is 4.13. The molecule has 0 aliphatic carbocycles. The van der Waals surface area contributed by atoms with E-state index in [9.17, 15) is 5.11 Å². The van der Waals surface area contributed by atoms with E-state index in [4.69, 9.17) is 4.74 Å². The predicted octanol–water partition coefficient (Wildman–Crippen LogP) is 2.22. The molecule has 4 nitrogen and oxygen atoms in total. The van der Waals surface area contributed by atoms with Gasteiger partial charge in [0.15, 0.2) is 0 Å². The fraction of sp³-hybridized carbons (Fsp3) is 0.727. The first kappa shape index (κ1) is 12.1. The molecule has 0 radical (unpaired) electrons. The molecule has 0 bridgehead atoms. The largest absolute Gasteiger partial charge is 0.381 e. The van der Waals surface area contributed by atoms with Gasteiger partial charge >= 0.3 is 0 Å². The number of rotatable bonds is 2. The van der Waals surface area contributed by atoms with Crippen LogP contribution in [0.5, 0.6) is 0 Å². The maximum Gasteiger partial charge on any atom is 0.135 e. The molecule has 2 heterocycles. The Morgan fingerprint density at radius 2 is 2.38 bits per heavy atom. The first-order chi connectivity index (χ1) is 7.47. The van der Waals surface area contributed by atoms with Crippen LogP contribution in [0.25, 0.3) is 0 Å². The van der Waals surface area contributed by atoms with Crippen molar-refractivity contribution in [3.05, 3.63) is 16.4 Å². The summed E-state index contributed by atoms with van der Waals surface area (Å²) < 4.78 is 8.17. The summed E-state index contributed by atoms with van der Waals surface area (Å²) in [5.41, 5.74) is -0.105. The van der Waals surface area contributed by atoms with Crippen molar-refractivity contribution in [2.24, 2.45) is 0 Å². The molecule has 2 unspecified atom stereocenters. The SMILES string of the molecule is CC(C)n1ncc(Br)c1C1(O)CCOC1C. The maximum atomic E-state index is 10.7. The molecule has 5 heteroatoms. The van der Waals surface area contributed by atoms with Crippen LogP contribution in [0.4, 0.5) is 0 Å². The van der Waals surface area contributed by atoms with E-state index in [1.807, 2.05) is 25.5 Å². The average molecular weight is 289 g/mol. The summed E-state index contributed by atoms with van der Waals surface area (Å²) >= 11 is 3.46. The summed E-state index contributed by atoms with van der Waals surface area (Å²) in [6.07, 6.45) is 2.15. The summed E-state index contributed by atoms with van der Waals surface area (Å²) in [6, 6.07) is 0.220. The summed E-state index contributed by atoms with van der Waals surface area (Å²) in [5, 5.41) is 15.0. The highest BCUT2D eigenvalue weighted by molar-refractivity contribution is 9.10. The quantitative estimate of drug-likeness (QED) is 0.908. The average Bonchev–Trinajstić information content (AvgIpc) is 2.73. The lowest BCUT2D eigenvalue weighted by Gasteiger charge is -2.28. The molecule has 90 valence electrons. The Balaban J connectivity index is 2.50. The van der Waals surface area contributed by atoms with E-state index >= 15 is 0 Å². The Labute approximate surface area is 104 Å². The Morgan fingerprint density at radius 3 is 2.88 bits per heavy atom. The molecular weight excluding hydrogens is 272 g/mol. The lowest BCUT2D eigenvalue weighted by molar-refractivity contribution is -0.0389. The van der Waals surface area contributed by atoms with E-state index < -0.39 is 5.60 Å². The molecule has 2 atom stereocenters. The Hall–Kier alpha value is -0.390. The molecule has 16 heavy (non-hydrogen) atoms. The van der Waals surface area contributed by atoms with E-state index in [2.05, 4.69) is 21.0 Å². The van der Waals surface area contributed by atoms with E-state index in [1.165, 1.54) is 0 Å².